The summed E-state index contributed by atoms with van der Waals surface area (Å²) < 4.78 is 82.4. The third-order valence-corrected chi connectivity index (χ3v) is 2.35. The molecule has 0 N–H and O–H groups in total. The fourth-order valence-corrected chi connectivity index (χ4v) is 1.47. The van der Waals surface area contributed by atoms with E-state index in [1.807, 2.05) is 0 Å². The maximum Gasteiger partial charge on any atom is 0.418 e. The van der Waals surface area contributed by atoms with Crippen molar-refractivity contribution in [2.75, 3.05) is 13.7 Å². The first-order valence-corrected chi connectivity index (χ1v) is 5.48. The van der Waals surface area contributed by atoms with Gasteiger partial charge in [0.1, 0.15) is 6.61 Å². The van der Waals surface area contributed by atoms with Crippen molar-refractivity contribution in [3.05, 3.63) is 35.4 Å². The van der Waals surface area contributed by atoms with Gasteiger partial charge in [-0.25, -0.2) is 4.79 Å². The van der Waals surface area contributed by atoms with Crippen LogP contribution in [0.5, 0.6) is 0 Å². The van der Waals surface area contributed by atoms with Crippen LogP contribution in [-0.2, 0) is 9.47 Å². The van der Waals surface area contributed by atoms with Crippen LogP contribution in [-0.4, -0.2) is 32.0 Å². The summed E-state index contributed by atoms with van der Waals surface area (Å²) in [6, 6.07) is 3.75. The van der Waals surface area contributed by atoms with E-state index in [9.17, 15) is 31.1 Å². The fraction of sp³-hybridized carbons (Fsp3) is 0.417. The predicted molar refractivity (Wildman–Crippen MR) is 58.6 cm³/mol. The Hall–Kier alpha value is -1.77. The van der Waals surface area contributed by atoms with Crippen molar-refractivity contribution in [2.24, 2.45) is 0 Å². The van der Waals surface area contributed by atoms with E-state index in [0.717, 1.165) is 31.4 Å². The highest BCUT2D eigenvalue weighted by Crippen LogP contribution is 2.37. The van der Waals surface area contributed by atoms with Crippen LogP contribution < -0.4 is 0 Å². The van der Waals surface area contributed by atoms with Crippen LogP contribution >= 0.6 is 0 Å². The minimum atomic E-state index is -5.02. The molecule has 3 nitrogen and oxygen atoms in total. The Morgan fingerprint density at radius 3 is 2.00 bits per heavy atom. The first kappa shape index (κ1) is 17.3. The van der Waals surface area contributed by atoms with Gasteiger partial charge in [-0.05, 0) is 17.7 Å². The summed E-state index contributed by atoms with van der Waals surface area (Å²) in [5.74, 6) is -0.777. The molecule has 1 aromatic rings. The van der Waals surface area contributed by atoms with Crippen molar-refractivity contribution >= 4 is 5.97 Å². The molecule has 0 spiro atoms. The lowest BCUT2D eigenvalue weighted by molar-refractivity contribution is -0.258. The lowest BCUT2D eigenvalue weighted by Gasteiger charge is -2.22. The Kier molecular flexibility index (Phi) is 5.21. The topological polar surface area (TPSA) is 35.5 Å². The molecule has 118 valence electrons. The fourth-order valence-electron chi connectivity index (χ4n) is 1.47. The molecule has 0 saturated carbocycles. The number of methoxy groups -OCH3 is 1. The van der Waals surface area contributed by atoms with Gasteiger partial charge in [-0.2, -0.15) is 26.3 Å². The number of benzene rings is 1. The second kappa shape index (κ2) is 6.33. The zero-order valence-corrected chi connectivity index (χ0v) is 10.6. The van der Waals surface area contributed by atoms with E-state index in [4.69, 9.17) is 0 Å². The smallest absolute Gasteiger partial charge is 0.418 e. The second-order valence-electron chi connectivity index (χ2n) is 3.96. The molecule has 0 aliphatic carbocycles. The average Bonchev–Trinajstić information content (AvgIpc) is 2.36. The molecule has 0 aliphatic rings. The van der Waals surface area contributed by atoms with E-state index < -0.39 is 36.6 Å². The number of hydrogen-bond acceptors (Lipinski definition) is 3. The van der Waals surface area contributed by atoms with Crippen LogP contribution in [0.25, 0.3) is 0 Å². The maximum atomic E-state index is 12.7. The molecule has 0 saturated heterocycles. The van der Waals surface area contributed by atoms with Crippen molar-refractivity contribution in [1.29, 1.82) is 0 Å². The monoisotopic (exact) mass is 316 g/mol. The van der Waals surface area contributed by atoms with E-state index in [2.05, 4.69) is 9.47 Å². The zero-order valence-electron chi connectivity index (χ0n) is 10.6. The highest BCUT2D eigenvalue weighted by Gasteiger charge is 2.44. The van der Waals surface area contributed by atoms with Crippen LogP contribution in [0.15, 0.2) is 24.3 Å². The summed E-state index contributed by atoms with van der Waals surface area (Å²) in [7, 11) is 1.08. The average molecular weight is 316 g/mol. The molecule has 0 aliphatic heterocycles. The van der Waals surface area contributed by atoms with Crippen molar-refractivity contribution in [3.63, 3.8) is 0 Å². The summed E-state index contributed by atoms with van der Waals surface area (Å²) >= 11 is 0. The normalized spacial score (nSPS) is 13.9. The Bertz CT molecular complexity index is 477. The zero-order chi connectivity index (χ0) is 16.3. The third-order valence-electron chi connectivity index (χ3n) is 2.35. The van der Waals surface area contributed by atoms with Gasteiger partial charge < -0.3 is 9.47 Å². The van der Waals surface area contributed by atoms with Crippen molar-refractivity contribution in [3.8, 4) is 0 Å². The van der Waals surface area contributed by atoms with Gasteiger partial charge in [0.15, 0.2) is 6.10 Å². The van der Waals surface area contributed by atoms with Gasteiger partial charge in [0.25, 0.3) is 0 Å². The molecule has 1 aromatic carbocycles. The number of hydrogen-bond donors (Lipinski definition) is 0. The van der Waals surface area contributed by atoms with E-state index in [-0.39, 0.29) is 5.56 Å². The highest BCUT2D eigenvalue weighted by atomic mass is 19.4. The molecule has 0 amide bonds. The van der Waals surface area contributed by atoms with Crippen molar-refractivity contribution in [1.82, 2.24) is 0 Å². The predicted octanol–water partition coefficient (Wildman–Crippen LogP) is 3.66. The van der Waals surface area contributed by atoms with Crippen molar-refractivity contribution in [2.45, 2.75) is 18.5 Å². The van der Waals surface area contributed by atoms with Crippen molar-refractivity contribution < 1.29 is 40.6 Å². The van der Waals surface area contributed by atoms with Gasteiger partial charge >= 0.3 is 18.3 Å². The van der Waals surface area contributed by atoms with Crippen LogP contribution in [0.2, 0.25) is 0 Å². The largest absolute Gasteiger partial charge is 0.465 e. The minimum Gasteiger partial charge on any atom is -0.465 e. The first-order chi connectivity index (χ1) is 9.54. The Morgan fingerprint density at radius 1 is 1.10 bits per heavy atom. The van der Waals surface area contributed by atoms with Crippen LogP contribution in [0.1, 0.15) is 22.0 Å². The second-order valence-corrected chi connectivity index (χ2v) is 3.96. The van der Waals surface area contributed by atoms with Crippen LogP contribution in [0.4, 0.5) is 26.3 Å². The molecule has 9 heteroatoms. The molecular weight excluding hydrogens is 306 g/mol. The van der Waals surface area contributed by atoms with E-state index in [0.29, 0.717) is 0 Å². The van der Waals surface area contributed by atoms with E-state index in [1.54, 1.807) is 0 Å². The van der Waals surface area contributed by atoms with Crippen LogP contribution in [0.3, 0.4) is 0 Å². The Morgan fingerprint density at radius 2 is 1.62 bits per heavy atom. The molecule has 0 aromatic heterocycles. The number of carbonyl (C=O) groups excluding carboxylic acids is 1. The molecule has 0 fully saturated rings. The molecule has 1 atom stereocenters. The van der Waals surface area contributed by atoms with E-state index in [1.165, 1.54) is 0 Å². The summed E-state index contributed by atoms with van der Waals surface area (Å²) in [5, 5.41) is 0. The highest BCUT2D eigenvalue weighted by molar-refractivity contribution is 5.89. The Labute approximate surface area is 115 Å². The van der Waals surface area contributed by atoms with Gasteiger partial charge in [0.2, 0.25) is 0 Å². The molecule has 21 heavy (non-hydrogen) atoms. The molecule has 1 unspecified atom stereocenters. The quantitative estimate of drug-likeness (QED) is 0.628. The summed E-state index contributed by atoms with van der Waals surface area (Å²) in [6.07, 6.45) is -12.6. The summed E-state index contributed by atoms with van der Waals surface area (Å²) in [6.45, 7) is -2.03. The molecular formula is C12H10F6O3. The van der Waals surface area contributed by atoms with Gasteiger partial charge in [-0.1, -0.05) is 12.1 Å². The van der Waals surface area contributed by atoms with Gasteiger partial charge in [-0.15, -0.1) is 0 Å². The minimum absolute atomic E-state index is 0.0296. The number of ether oxygens (including phenoxy) is 2. The SMILES string of the molecule is COC(=O)c1ccc(C(OCC(F)(F)F)C(F)(F)F)cc1. The standard InChI is InChI=1S/C12H10F6O3/c1-20-10(19)8-4-2-7(3-5-8)9(12(16,17)18)21-6-11(13,14)15/h2-5,9H,6H2,1H3. The van der Waals surface area contributed by atoms with Crippen LogP contribution in [0, 0.1) is 0 Å². The lowest BCUT2D eigenvalue weighted by atomic mass is 10.1. The third kappa shape index (κ3) is 5.25. The number of rotatable bonds is 4. The molecule has 0 radical (unpaired) electrons. The van der Waals surface area contributed by atoms with E-state index >= 15 is 0 Å². The summed E-state index contributed by atoms with van der Waals surface area (Å²) in [5.41, 5.74) is -0.572. The first-order valence-electron chi connectivity index (χ1n) is 5.48. The summed E-state index contributed by atoms with van der Waals surface area (Å²) in [4.78, 5) is 11.1. The molecule has 0 heterocycles. The van der Waals surface area contributed by atoms with Gasteiger partial charge in [-0.3, -0.25) is 0 Å². The van der Waals surface area contributed by atoms with Gasteiger partial charge in [0, 0.05) is 0 Å². The van der Waals surface area contributed by atoms with Gasteiger partial charge in [0.05, 0.1) is 12.7 Å². The number of alkyl halides is 6. The molecule has 1 rings (SSSR count). The number of carbonyl (C=O) groups is 1. The molecule has 0 bridgehead atoms. The lowest BCUT2D eigenvalue weighted by Crippen LogP contribution is -2.28. The number of esters is 1. The Balaban J connectivity index is 2.96. The number of halogens is 6. The maximum absolute atomic E-state index is 12.7.